The van der Waals surface area contributed by atoms with E-state index in [0.717, 1.165) is 10.8 Å². The van der Waals surface area contributed by atoms with Gasteiger partial charge in [0.2, 0.25) is 5.78 Å². The smallest absolute Gasteiger partial charge is 0.235 e. The molecule has 0 amide bonds. The minimum absolute atomic E-state index is 0.0263. The van der Waals surface area contributed by atoms with Crippen LogP contribution in [0.25, 0.3) is 10.8 Å². The molecule has 1 aromatic heterocycles. The molecular weight excluding hydrogens is 240 g/mol. The van der Waals surface area contributed by atoms with Crippen LogP contribution in [0.1, 0.15) is 10.6 Å². The molecule has 0 saturated heterocycles. The van der Waals surface area contributed by atoms with E-state index in [0.29, 0.717) is 11.5 Å². The molecule has 3 nitrogen and oxygen atoms in total. The van der Waals surface area contributed by atoms with E-state index >= 15 is 0 Å². The van der Waals surface area contributed by atoms with Crippen molar-refractivity contribution in [1.82, 2.24) is 0 Å². The summed E-state index contributed by atoms with van der Waals surface area (Å²) in [5.74, 6) is 0.858. The normalized spacial score (nSPS) is 10.5. The summed E-state index contributed by atoms with van der Waals surface area (Å²) in [6.45, 7) is -0.0263. The Kier molecular flexibility index (Phi) is 3.02. The molecule has 0 bridgehead atoms. The van der Waals surface area contributed by atoms with Gasteiger partial charge in [0.1, 0.15) is 5.75 Å². The number of carbonyl (C=O) groups excluding carboxylic acids is 1. The van der Waals surface area contributed by atoms with Crippen molar-refractivity contribution in [2.24, 2.45) is 0 Å². The van der Waals surface area contributed by atoms with Crippen LogP contribution in [-0.2, 0) is 0 Å². The van der Waals surface area contributed by atoms with Crippen molar-refractivity contribution in [1.29, 1.82) is 0 Å². The van der Waals surface area contributed by atoms with E-state index in [1.807, 2.05) is 42.5 Å². The number of carbonyl (C=O) groups is 1. The van der Waals surface area contributed by atoms with Gasteiger partial charge < -0.3 is 9.15 Å². The number of ether oxygens (including phenoxy) is 1. The van der Waals surface area contributed by atoms with Gasteiger partial charge in [-0.3, -0.25) is 4.79 Å². The summed E-state index contributed by atoms with van der Waals surface area (Å²) in [6, 6.07) is 17.0. The Morgan fingerprint density at radius 1 is 1.00 bits per heavy atom. The second-order valence-corrected chi connectivity index (χ2v) is 4.17. The Labute approximate surface area is 110 Å². The maximum atomic E-state index is 11.8. The minimum atomic E-state index is -0.169. The molecule has 1 heterocycles. The third-order valence-corrected chi connectivity index (χ3v) is 2.90. The van der Waals surface area contributed by atoms with Gasteiger partial charge >= 0.3 is 0 Å². The van der Waals surface area contributed by atoms with Crippen LogP contribution in [0.15, 0.2) is 65.3 Å². The number of furan rings is 1. The van der Waals surface area contributed by atoms with Crippen molar-refractivity contribution >= 4 is 16.6 Å². The Morgan fingerprint density at radius 3 is 2.68 bits per heavy atom. The predicted octanol–water partition coefficient (Wildman–Crippen LogP) is 3.69. The van der Waals surface area contributed by atoms with E-state index in [2.05, 4.69) is 0 Å². The summed E-state index contributed by atoms with van der Waals surface area (Å²) in [5, 5.41) is 2.09. The lowest BCUT2D eigenvalue weighted by molar-refractivity contribution is 0.0895. The van der Waals surface area contributed by atoms with Gasteiger partial charge in [-0.25, -0.2) is 0 Å². The molecule has 19 heavy (non-hydrogen) atoms. The third-order valence-electron chi connectivity index (χ3n) is 2.90. The monoisotopic (exact) mass is 252 g/mol. The fraction of sp³-hybridized carbons (Fsp3) is 0.0625. The molecule has 2 aromatic carbocycles. The highest BCUT2D eigenvalue weighted by Gasteiger charge is 2.10. The van der Waals surface area contributed by atoms with Gasteiger partial charge in [0, 0.05) is 5.39 Å². The molecule has 0 spiro atoms. The first-order valence-corrected chi connectivity index (χ1v) is 6.02. The lowest BCUT2D eigenvalue weighted by Crippen LogP contribution is -2.10. The maximum absolute atomic E-state index is 11.8. The van der Waals surface area contributed by atoms with Gasteiger partial charge in [0.25, 0.3) is 0 Å². The van der Waals surface area contributed by atoms with Crippen LogP contribution in [0.2, 0.25) is 0 Å². The Balaban J connectivity index is 1.81. The number of ketones is 1. The van der Waals surface area contributed by atoms with Gasteiger partial charge in [-0.15, -0.1) is 0 Å². The molecule has 0 radical (unpaired) electrons. The number of rotatable bonds is 4. The number of fused-ring (bicyclic) bond motifs is 1. The summed E-state index contributed by atoms with van der Waals surface area (Å²) in [5.41, 5.74) is 0. The third kappa shape index (κ3) is 2.36. The lowest BCUT2D eigenvalue weighted by Gasteiger charge is -2.07. The van der Waals surface area contributed by atoms with Crippen molar-refractivity contribution in [2.75, 3.05) is 6.61 Å². The summed E-state index contributed by atoms with van der Waals surface area (Å²) >= 11 is 0. The van der Waals surface area contributed by atoms with Gasteiger partial charge in [-0.1, -0.05) is 36.4 Å². The predicted molar refractivity (Wildman–Crippen MR) is 72.5 cm³/mol. The van der Waals surface area contributed by atoms with Crippen molar-refractivity contribution in [3.63, 3.8) is 0 Å². The highest BCUT2D eigenvalue weighted by molar-refractivity contribution is 5.95. The first-order valence-electron chi connectivity index (χ1n) is 6.02. The number of hydrogen-bond acceptors (Lipinski definition) is 3. The Morgan fingerprint density at radius 2 is 1.84 bits per heavy atom. The highest BCUT2D eigenvalue weighted by atomic mass is 16.5. The maximum Gasteiger partial charge on any atom is 0.235 e. The zero-order valence-corrected chi connectivity index (χ0v) is 10.2. The van der Waals surface area contributed by atoms with Crippen molar-refractivity contribution in [2.45, 2.75) is 0 Å². The SMILES string of the molecule is O=C(COc1cccc2ccccc12)c1ccco1. The van der Waals surface area contributed by atoms with Crippen molar-refractivity contribution < 1.29 is 13.9 Å². The molecule has 0 atom stereocenters. The number of Topliss-reactive ketones (excluding diaryl/α,β-unsaturated/α-hetero) is 1. The Hall–Kier alpha value is -2.55. The second-order valence-electron chi connectivity index (χ2n) is 4.17. The van der Waals surface area contributed by atoms with Crippen LogP contribution in [0.3, 0.4) is 0 Å². The van der Waals surface area contributed by atoms with Crippen LogP contribution in [-0.4, -0.2) is 12.4 Å². The van der Waals surface area contributed by atoms with Crippen molar-refractivity contribution in [3.05, 3.63) is 66.6 Å². The molecule has 3 rings (SSSR count). The van der Waals surface area contributed by atoms with Crippen LogP contribution in [0.5, 0.6) is 5.75 Å². The molecule has 3 aromatic rings. The lowest BCUT2D eigenvalue weighted by atomic mass is 10.1. The first-order chi connectivity index (χ1) is 9.34. The van der Waals surface area contributed by atoms with E-state index < -0.39 is 0 Å². The summed E-state index contributed by atoms with van der Waals surface area (Å²) in [6.07, 6.45) is 1.48. The van der Waals surface area contributed by atoms with E-state index in [4.69, 9.17) is 9.15 Å². The molecular formula is C16H12O3. The van der Waals surface area contributed by atoms with Crippen LogP contribution < -0.4 is 4.74 Å². The molecule has 3 heteroatoms. The van der Waals surface area contributed by atoms with E-state index in [-0.39, 0.29) is 12.4 Å². The molecule has 0 aliphatic heterocycles. The Bertz CT molecular complexity index is 694. The summed E-state index contributed by atoms with van der Waals surface area (Å²) in [7, 11) is 0. The van der Waals surface area contributed by atoms with Crippen LogP contribution in [0, 0.1) is 0 Å². The quantitative estimate of drug-likeness (QED) is 0.665. The van der Waals surface area contributed by atoms with E-state index in [1.165, 1.54) is 6.26 Å². The van der Waals surface area contributed by atoms with E-state index in [9.17, 15) is 4.79 Å². The first kappa shape index (κ1) is 11.5. The standard InChI is InChI=1S/C16H12O3/c17-14(16-9-4-10-18-16)11-19-15-8-3-6-12-5-1-2-7-13(12)15/h1-10H,11H2. The molecule has 0 fully saturated rings. The van der Waals surface area contributed by atoms with Crippen LogP contribution in [0.4, 0.5) is 0 Å². The fourth-order valence-corrected chi connectivity index (χ4v) is 1.97. The highest BCUT2D eigenvalue weighted by Crippen LogP contribution is 2.25. The molecule has 0 aliphatic carbocycles. The van der Waals surface area contributed by atoms with Gasteiger partial charge in [-0.2, -0.15) is 0 Å². The average molecular weight is 252 g/mol. The van der Waals surface area contributed by atoms with Gasteiger partial charge in [0.15, 0.2) is 12.4 Å². The van der Waals surface area contributed by atoms with E-state index in [1.54, 1.807) is 12.1 Å². The summed E-state index contributed by atoms with van der Waals surface area (Å²) in [4.78, 5) is 11.8. The molecule has 94 valence electrons. The van der Waals surface area contributed by atoms with Crippen LogP contribution >= 0.6 is 0 Å². The largest absolute Gasteiger partial charge is 0.485 e. The number of hydrogen-bond donors (Lipinski definition) is 0. The van der Waals surface area contributed by atoms with Gasteiger partial charge in [0.05, 0.1) is 6.26 Å². The summed E-state index contributed by atoms with van der Waals surface area (Å²) < 4.78 is 10.6. The van der Waals surface area contributed by atoms with Gasteiger partial charge in [-0.05, 0) is 23.6 Å². The zero-order chi connectivity index (χ0) is 13.1. The molecule has 0 unspecified atom stereocenters. The molecule has 0 aliphatic rings. The topological polar surface area (TPSA) is 39.4 Å². The number of benzene rings is 2. The van der Waals surface area contributed by atoms with Crippen molar-refractivity contribution in [3.8, 4) is 5.75 Å². The molecule has 0 saturated carbocycles. The molecule has 0 N–H and O–H groups in total. The zero-order valence-electron chi connectivity index (χ0n) is 10.2. The average Bonchev–Trinajstić information content (AvgIpc) is 2.99. The minimum Gasteiger partial charge on any atom is -0.485 e. The second kappa shape index (κ2) is 4.98. The fourth-order valence-electron chi connectivity index (χ4n) is 1.97.